The Bertz CT molecular complexity index is 484. The predicted molar refractivity (Wildman–Crippen MR) is 73.2 cm³/mol. The molecule has 0 saturated carbocycles. The second kappa shape index (κ2) is 7.46. The normalized spacial score (nSPS) is 11.9. The van der Waals surface area contributed by atoms with Gasteiger partial charge in [-0.15, -0.1) is 0 Å². The van der Waals surface area contributed by atoms with E-state index >= 15 is 0 Å². The first-order valence-corrected chi connectivity index (χ1v) is 7.90. The smallest absolute Gasteiger partial charge is 0.245 e. The van der Waals surface area contributed by atoms with Gasteiger partial charge < -0.3 is 10.5 Å². The summed E-state index contributed by atoms with van der Waals surface area (Å²) in [5.41, 5.74) is 5.60. The van der Waals surface area contributed by atoms with Crippen LogP contribution in [0, 0.1) is 0 Å². The number of hydrogen-bond acceptors (Lipinski definition) is 5. The molecule has 0 saturated heterocycles. The highest BCUT2D eigenvalue weighted by Crippen LogP contribution is 2.15. The van der Waals surface area contributed by atoms with E-state index in [9.17, 15) is 8.42 Å². The van der Waals surface area contributed by atoms with Gasteiger partial charge in [0.1, 0.15) is 4.90 Å². The molecule has 3 N–H and O–H groups in total. The van der Waals surface area contributed by atoms with Gasteiger partial charge in [-0.05, 0) is 19.8 Å². The molecule has 19 heavy (non-hydrogen) atoms. The number of nitrogens with two attached hydrogens (primary N) is 1. The molecule has 110 valence electrons. The van der Waals surface area contributed by atoms with Crippen molar-refractivity contribution in [2.24, 2.45) is 0 Å². The molecule has 8 heteroatoms. The maximum Gasteiger partial charge on any atom is 0.245 e. The van der Waals surface area contributed by atoms with E-state index in [1.807, 2.05) is 13.8 Å². The highest BCUT2D eigenvalue weighted by atomic mass is 32.2. The zero-order valence-corrected chi connectivity index (χ0v) is 12.2. The molecule has 0 radical (unpaired) electrons. The van der Waals surface area contributed by atoms with Gasteiger partial charge in [0.05, 0.1) is 0 Å². The number of nitrogens with one attached hydrogen (secondary N) is 1. The van der Waals surface area contributed by atoms with Crippen molar-refractivity contribution in [3.05, 3.63) is 6.20 Å². The van der Waals surface area contributed by atoms with Gasteiger partial charge in [-0.1, -0.05) is 6.92 Å². The van der Waals surface area contributed by atoms with Crippen LogP contribution in [-0.4, -0.2) is 38.0 Å². The minimum Gasteiger partial charge on any atom is -0.381 e. The fourth-order valence-electron chi connectivity index (χ4n) is 1.49. The van der Waals surface area contributed by atoms with E-state index in [4.69, 9.17) is 10.5 Å². The summed E-state index contributed by atoms with van der Waals surface area (Å²) in [7, 11) is -3.59. The van der Waals surface area contributed by atoms with Crippen LogP contribution in [0.1, 0.15) is 26.7 Å². The van der Waals surface area contributed by atoms with Crippen molar-refractivity contribution in [1.82, 2.24) is 14.5 Å². The Morgan fingerprint density at radius 3 is 2.74 bits per heavy atom. The molecule has 0 atom stereocenters. The first-order valence-electron chi connectivity index (χ1n) is 6.41. The second-order valence-electron chi connectivity index (χ2n) is 4.10. The van der Waals surface area contributed by atoms with Gasteiger partial charge in [0.15, 0.2) is 5.82 Å². The van der Waals surface area contributed by atoms with E-state index in [0.29, 0.717) is 32.7 Å². The number of aromatic nitrogens is 2. The van der Waals surface area contributed by atoms with Gasteiger partial charge >= 0.3 is 0 Å². The summed E-state index contributed by atoms with van der Waals surface area (Å²) in [6.45, 7) is 6.02. The van der Waals surface area contributed by atoms with Crippen LogP contribution in [0.5, 0.6) is 0 Å². The summed E-state index contributed by atoms with van der Waals surface area (Å²) >= 11 is 0. The molecular formula is C11H22N4O3S. The van der Waals surface area contributed by atoms with Crippen LogP contribution < -0.4 is 10.5 Å². The maximum absolute atomic E-state index is 12.0. The SMILES string of the molecule is CCCOCCCNS(=O)(=O)c1cn(CC)nc1N. The summed E-state index contributed by atoms with van der Waals surface area (Å²) < 4.78 is 33.2. The summed E-state index contributed by atoms with van der Waals surface area (Å²) in [5, 5.41) is 3.91. The van der Waals surface area contributed by atoms with E-state index < -0.39 is 10.0 Å². The van der Waals surface area contributed by atoms with Gasteiger partial charge in [-0.3, -0.25) is 4.68 Å². The van der Waals surface area contributed by atoms with Gasteiger partial charge in [0.2, 0.25) is 10.0 Å². The molecule has 0 unspecified atom stereocenters. The molecule has 0 amide bonds. The molecule has 0 fully saturated rings. The van der Waals surface area contributed by atoms with Crippen molar-refractivity contribution < 1.29 is 13.2 Å². The molecule has 0 aliphatic heterocycles. The Hall–Kier alpha value is -1.12. The Kier molecular flexibility index (Phi) is 6.26. The Morgan fingerprint density at radius 1 is 1.42 bits per heavy atom. The first kappa shape index (κ1) is 15.9. The standard InChI is InChI=1S/C11H22N4O3S/c1-3-7-18-8-5-6-13-19(16,17)10-9-15(4-2)14-11(10)12/h9,13H,3-8H2,1-2H3,(H2,12,14). The molecule has 1 heterocycles. The lowest BCUT2D eigenvalue weighted by Gasteiger charge is -2.05. The average Bonchev–Trinajstić information content (AvgIpc) is 2.76. The molecule has 0 aliphatic rings. The molecule has 0 bridgehead atoms. The summed E-state index contributed by atoms with van der Waals surface area (Å²) in [6, 6.07) is 0. The molecule has 0 spiro atoms. The van der Waals surface area contributed by atoms with E-state index in [1.165, 1.54) is 10.9 Å². The van der Waals surface area contributed by atoms with Crippen LogP contribution in [0.3, 0.4) is 0 Å². The minimum absolute atomic E-state index is 0.0246. The fraction of sp³-hybridized carbons (Fsp3) is 0.727. The van der Waals surface area contributed by atoms with Gasteiger partial charge in [0.25, 0.3) is 0 Å². The first-order chi connectivity index (χ1) is 9.01. The topological polar surface area (TPSA) is 99.2 Å². The third-order valence-electron chi connectivity index (χ3n) is 2.47. The third-order valence-corrected chi connectivity index (χ3v) is 3.95. The average molecular weight is 290 g/mol. The largest absolute Gasteiger partial charge is 0.381 e. The van der Waals surface area contributed by atoms with Crippen molar-refractivity contribution in [2.75, 3.05) is 25.5 Å². The molecule has 1 aromatic rings. The number of rotatable bonds is 9. The molecule has 1 aromatic heterocycles. The summed E-state index contributed by atoms with van der Waals surface area (Å²) in [6.07, 6.45) is 3.02. The number of anilines is 1. The zero-order valence-electron chi connectivity index (χ0n) is 11.4. The number of nitrogen functional groups attached to an aromatic ring is 1. The Labute approximate surface area is 114 Å². The van der Waals surface area contributed by atoms with Crippen LogP contribution in [0.15, 0.2) is 11.1 Å². The zero-order chi connectivity index (χ0) is 14.3. The second-order valence-corrected chi connectivity index (χ2v) is 5.83. The van der Waals surface area contributed by atoms with E-state index in [1.54, 1.807) is 0 Å². The van der Waals surface area contributed by atoms with Gasteiger partial charge in [-0.25, -0.2) is 13.1 Å². The summed E-state index contributed by atoms with van der Waals surface area (Å²) in [5.74, 6) is 0.0246. The predicted octanol–water partition coefficient (Wildman–Crippen LogP) is 0.580. The minimum atomic E-state index is -3.59. The number of sulfonamides is 1. The van der Waals surface area contributed by atoms with Crippen LogP contribution in [0.2, 0.25) is 0 Å². The number of hydrogen-bond donors (Lipinski definition) is 2. The van der Waals surface area contributed by atoms with E-state index in [2.05, 4.69) is 9.82 Å². The van der Waals surface area contributed by atoms with Crippen molar-refractivity contribution in [2.45, 2.75) is 38.1 Å². The highest BCUT2D eigenvalue weighted by Gasteiger charge is 2.20. The number of nitrogens with zero attached hydrogens (tertiary/aromatic N) is 2. The van der Waals surface area contributed by atoms with Crippen LogP contribution >= 0.6 is 0 Å². The number of aryl methyl sites for hydroxylation is 1. The Morgan fingerprint density at radius 2 is 2.16 bits per heavy atom. The lowest BCUT2D eigenvalue weighted by atomic mass is 10.4. The molecule has 1 rings (SSSR count). The molecule has 0 aromatic carbocycles. The van der Waals surface area contributed by atoms with Gasteiger partial charge in [0, 0.05) is 32.5 Å². The van der Waals surface area contributed by atoms with Crippen LogP contribution in [0.25, 0.3) is 0 Å². The lowest BCUT2D eigenvalue weighted by Crippen LogP contribution is -2.26. The van der Waals surface area contributed by atoms with Crippen molar-refractivity contribution >= 4 is 15.8 Å². The van der Waals surface area contributed by atoms with E-state index in [0.717, 1.165) is 6.42 Å². The molecular weight excluding hydrogens is 268 g/mol. The van der Waals surface area contributed by atoms with Crippen LogP contribution in [-0.2, 0) is 21.3 Å². The number of ether oxygens (including phenoxy) is 1. The quantitative estimate of drug-likeness (QED) is 0.648. The van der Waals surface area contributed by atoms with Crippen molar-refractivity contribution in [3.8, 4) is 0 Å². The van der Waals surface area contributed by atoms with Crippen molar-refractivity contribution in [1.29, 1.82) is 0 Å². The van der Waals surface area contributed by atoms with Crippen molar-refractivity contribution in [3.63, 3.8) is 0 Å². The fourth-order valence-corrected chi connectivity index (χ4v) is 2.64. The highest BCUT2D eigenvalue weighted by molar-refractivity contribution is 7.89. The Balaban J connectivity index is 2.49. The van der Waals surface area contributed by atoms with E-state index in [-0.39, 0.29) is 10.7 Å². The molecule has 0 aliphatic carbocycles. The van der Waals surface area contributed by atoms with Gasteiger partial charge in [-0.2, -0.15) is 5.10 Å². The monoisotopic (exact) mass is 290 g/mol. The third kappa shape index (κ3) is 4.81. The lowest BCUT2D eigenvalue weighted by molar-refractivity contribution is 0.133. The summed E-state index contributed by atoms with van der Waals surface area (Å²) in [4.78, 5) is 0.0313. The van der Waals surface area contributed by atoms with Crippen LogP contribution in [0.4, 0.5) is 5.82 Å². The molecule has 7 nitrogen and oxygen atoms in total. The maximum atomic E-state index is 12.0.